The smallest absolute Gasteiger partial charge is 0.319 e. The van der Waals surface area contributed by atoms with E-state index >= 15 is 0 Å². The van der Waals surface area contributed by atoms with Crippen molar-refractivity contribution < 1.29 is 14.4 Å². The summed E-state index contributed by atoms with van der Waals surface area (Å²) in [6.07, 6.45) is 1.61. The SMILES string of the molecule is C=CCN(C(=O)CN1C(=O)N[C@@](C)(c2ccc(C(C)C)cc2)C1=O)c1ccccc1. The van der Waals surface area contributed by atoms with E-state index < -0.39 is 17.5 Å². The van der Waals surface area contributed by atoms with Crippen molar-refractivity contribution in [3.05, 3.63) is 78.4 Å². The minimum Gasteiger partial charge on any atom is -0.319 e. The molecule has 0 aliphatic carbocycles. The minimum absolute atomic E-state index is 0.278. The lowest BCUT2D eigenvalue weighted by molar-refractivity contribution is -0.134. The number of rotatable bonds is 7. The van der Waals surface area contributed by atoms with Crippen molar-refractivity contribution >= 4 is 23.5 Å². The predicted octanol–water partition coefficient (Wildman–Crippen LogP) is 3.80. The highest BCUT2D eigenvalue weighted by Crippen LogP contribution is 2.30. The van der Waals surface area contributed by atoms with Gasteiger partial charge in [-0.25, -0.2) is 4.79 Å². The molecule has 0 aromatic heterocycles. The molecule has 1 aliphatic rings. The van der Waals surface area contributed by atoms with Gasteiger partial charge in [-0.2, -0.15) is 0 Å². The zero-order valence-corrected chi connectivity index (χ0v) is 17.6. The summed E-state index contributed by atoms with van der Waals surface area (Å²) in [5.74, 6) is -0.433. The number of carbonyl (C=O) groups is 3. The number of imide groups is 1. The number of hydrogen-bond acceptors (Lipinski definition) is 3. The molecule has 2 aromatic rings. The number of para-hydroxylation sites is 1. The van der Waals surface area contributed by atoms with Crippen molar-refractivity contribution in [3.8, 4) is 0 Å². The highest BCUT2D eigenvalue weighted by molar-refractivity contribution is 6.10. The third-order valence-electron chi connectivity index (χ3n) is 5.40. The minimum atomic E-state index is -1.21. The number of amides is 4. The molecule has 0 bridgehead atoms. The van der Waals surface area contributed by atoms with Crippen molar-refractivity contribution in [1.29, 1.82) is 0 Å². The molecule has 1 fully saturated rings. The zero-order valence-electron chi connectivity index (χ0n) is 17.6. The topological polar surface area (TPSA) is 69.7 Å². The predicted molar refractivity (Wildman–Crippen MR) is 117 cm³/mol. The summed E-state index contributed by atoms with van der Waals surface area (Å²) < 4.78 is 0. The summed E-state index contributed by atoms with van der Waals surface area (Å²) in [4.78, 5) is 41.2. The lowest BCUT2D eigenvalue weighted by Gasteiger charge is -2.25. The Morgan fingerprint density at radius 1 is 1.13 bits per heavy atom. The molecule has 1 N–H and O–H groups in total. The lowest BCUT2D eigenvalue weighted by atomic mass is 9.90. The second-order valence-corrected chi connectivity index (χ2v) is 7.85. The van der Waals surface area contributed by atoms with Crippen LogP contribution in [0.2, 0.25) is 0 Å². The van der Waals surface area contributed by atoms with Gasteiger partial charge in [-0.1, -0.05) is 62.4 Å². The van der Waals surface area contributed by atoms with Crippen molar-refractivity contribution in [2.45, 2.75) is 32.2 Å². The Bertz CT molecular complexity index is 953. The van der Waals surface area contributed by atoms with Crippen LogP contribution in [0.15, 0.2) is 67.3 Å². The summed E-state index contributed by atoms with van der Waals surface area (Å²) in [5, 5.41) is 2.76. The van der Waals surface area contributed by atoms with Crippen LogP contribution in [0.1, 0.15) is 37.8 Å². The van der Waals surface area contributed by atoms with Gasteiger partial charge in [0, 0.05) is 12.2 Å². The maximum Gasteiger partial charge on any atom is 0.325 e. The van der Waals surface area contributed by atoms with E-state index in [2.05, 4.69) is 25.7 Å². The standard InChI is InChI=1S/C24H27N3O3/c1-5-15-26(20-9-7-6-8-10-20)21(28)16-27-22(29)24(4,25-23(27)30)19-13-11-18(12-14-19)17(2)3/h5-14,17H,1,15-16H2,2-4H3,(H,25,30)/t24-/m0/s1. The first-order valence-corrected chi connectivity index (χ1v) is 9.98. The summed E-state index contributed by atoms with van der Waals surface area (Å²) in [7, 11) is 0. The van der Waals surface area contributed by atoms with Gasteiger partial charge in [-0.3, -0.25) is 14.5 Å². The van der Waals surface area contributed by atoms with Gasteiger partial charge in [-0.15, -0.1) is 6.58 Å². The molecule has 0 unspecified atom stereocenters. The van der Waals surface area contributed by atoms with Crippen LogP contribution < -0.4 is 10.2 Å². The van der Waals surface area contributed by atoms with Gasteiger partial charge in [-0.05, 0) is 36.1 Å². The van der Waals surface area contributed by atoms with Crippen LogP contribution >= 0.6 is 0 Å². The largest absolute Gasteiger partial charge is 0.325 e. The van der Waals surface area contributed by atoms with Gasteiger partial charge < -0.3 is 10.2 Å². The Morgan fingerprint density at radius 3 is 2.33 bits per heavy atom. The zero-order chi connectivity index (χ0) is 21.9. The molecule has 6 nitrogen and oxygen atoms in total. The summed E-state index contributed by atoms with van der Waals surface area (Å²) in [5.41, 5.74) is 1.31. The van der Waals surface area contributed by atoms with E-state index in [0.717, 1.165) is 10.5 Å². The van der Waals surface area contributed by atoms with Crippen molar-refractivity contribution in [3.63, 3.8) is 0 Å². The number of carbonyl (C=O) groups excluding carboxylic acids is 3. The van der Waals surface area contributed by atoms with Gasteiger partial charge in [0.25, 0.3) is 5.91 Å². The molecule has 1 atom stereocenters. The molecule has 1 aliphatic heterocycles. The summed E-state index contributed by atoms with van der Waals surface area (Å²) >= 11 is 0. The van der Waals surface area contributed by atoms with E-state index in [1.54, 1.807) is 25.1 Å². The van der Waals surface area contributed by atoms with E-state index in [1.165, 1.54) is 4.90 Å². The maximum atomic E-state index is 13.2. The molecule has 2 aromatic carbocycles. The Morgan fingerprint density at radius 2 is 1.77 bits per heavy atom. The number of urea groups is 1. The monoisotopic (exact) mass is 405 g/mol. The molecule has 0 radical (unpaired) electrons. The van der Waals surface area contributed by atoms with Gasteiger partial charge >= 0.3 is 6.03 Å². The third-order valence-corrected chi connectivity index (χ3v) is 5.40. The van der Waals surface area contributed by atoms with E-state index in [0.29, 0.717) is 17.2 Å². The first kappa shape index (κ1) is 21.3. The molecule has 156 valence electrons. The molecular weight excluding hydrogens is 378 g/mol. The molecule has 6 heteroatoms. The molecular formula is C24H27N3O3. The van der Waals surface area contributed by atoms with Crippen LogP contribution in [0.4, 0.5) is 10.5 Å². The van der Waals surface area contributed by atoms with E-state index in [1.807, 2.05) is 42.5 Å². The molecule has 3 rings (SSSR count). The Labute approximate surface area is 177 Å². The molecule has 1 saturated heterocycles. The normalized spacial score (nSPS) is 18.5. The first-order chi connectivity index (χ1) is 14.3. The van der Waals surface area contributed by atoms with Crippen molar-refractivity contribution in [1.82, 2.24) is 10.2 Å². The third kappa shape index (κ3) is 3.99. The second-order valence-electron chi connectivity index (χ2n) is 7.85. The fourth-order valence-electron chi connectivity index (χ4n) is 3.55. The first-order valence-electron chi connectivity index (χ1n) is 9.98. The Kier molecular flexibility index (Phi) is 6.06. The fraction of sp³-hybridized carbons (Fsp3) is 0.292. The highest BCUT2D eigenvalue weighted by Gasteiger charge is 2.49. The number of anilines is 1. The van der Waals surface area contributed by atoms with Crippen LogP contribution in [-0.2, 0) is 15.1 Å². The Balaban J connectivity index is 1.81. The van der Waals surface area contributed by atoms with Crippen LogP contribution in [0.5, 0.6) is 0 Å². The highest BCUT2D eigenvalue weighted by atomic mass is 16.2. The van der Waals surface area contributed by atoms with Crippen LogP contribution in [0.3, 0.4) is 0 Å². The van der Waals surface area contributed by atoms with Gasteiger partial charge in [0.05, 0.1) is 0 Å². The van der Waals surface area contributed by atoms with Crippen molar-refractivity contribution in [2.24, 2.45) is 0 Å². The quantitative estimate of drug-likeness (QED) is 0.563. The van der Waals surface area contributed by atoms with E-state index in [9.17, 15) is 14.4 Å². The van der Waals surface area contributed by atoms with Crippen LogP contribution in [0.25, 0.3) is 0 Å². The average molecular weight is 405 g/mol. The van der Waals surface area contributed by atoms with Crippen molar-refractivity contribution in [2.75, 3.05) is 18.0 Å². The van der Waals surface area contributed by atoms with E-state index in [4.69, 9.17) is 0 Å². The van der Waals surface area contributed by atoms with Gasteiger partial charge in [0.15, 0.2) is 0 Å². The van der Waals surface area contributed by atoms with Gasteiger partial charge in [0.2, 0.25) is 5.91 Å². The van der Waals surface area contributed by atoms with Gasteiger partial charge in [0.1, 0.15) is 12.1 Å². The molecule has 0 spiro atoms. The summed E-state index contributed by atoms with van der Waals surface area (Å²) in [6.45, 7) is 9.49. The van der Waals surface area contributed by atoms with Crippen LogP contribution in [-0.4, -0.2) is 35.8 Å². The molecule has 0 saturated carbocycles. The van der Waals surface area contributed by atoms with E-state index in [-0.39, 0.29) is 19.0 Å². The number of hydrogen-bond donors (Lipinski definition) is 1. The Hall–Kier alpha value is -3.41. The average Bonchev–Trinajstić information content (AvgIpc) is 2.96. The summed E-state index contributed by atoms with van der Waals surface area (Å²) in [6, 6.07) is 16.2. The molecule has 1 heterocycles. The van der Waals surface area contributed by atoms with Crippen LogP contribution in [0, 0.1) is 0 Å². The molecule has 30 heavy (non-hydrogen) atoms. The molecule has 4 amide bonds. The number of nitrogens with one attached hydrogen (secondary N) is 1. The number of nitrogens with zero attached hydrogens (tertiary/aromatic N) is 2. The fourth-order valence-corrected chi connectivity index (χ4v) is 3.55. The second kappa shape index (κ2) is 8.53. The number of benzene rings is 2. The lowest BCUT2D eigenvalue weighted by Crippen LogP contribution is -2.44. The maximum absolute atomic E-state index is 13.2.